The highest BCUT2D eigenvalue weighted by Crippen LogP contribution is 2.22. The molecule has 80 valence electrons. The summed E-state index contributed by atoms with van der Waals surface area (Å²) in [4.78, 5) is 0. The van der Waals surface area contributed by atoms with Gasteiger partial charge in [-0.3, -0.25) is 0 Å². The van der Waals surface area contributed by atoms with Crippen LogP contribution in [0.2, 0.25) is 0 Å². The third kappa shape index (κ3) is 1.98. The van der Waals surface area contributed by atoms with Gasteiger partial charge in [-0.2, -0.15) is 5.10 Å². The van der Waals surface area contributed by atoms with Crippen LogP contribution < -0.4 is 16.8 Å². The molecule has 0 unspecified atom stereocenters. The number of nitrogens with two attached hydrogens (primary N) is 2. The van der Waals surface area contributed by atoms with Crippen LogP contribution in [0.15, 0.2) is 0 Å². The van der Waals surface area contributed by atoms with E-state index in [-0.39, 0.29) is 6.04 Å². The topological polar surface area (TPSA) is 81.9 Å². The summed E-state index contributed by atoms with van der Waals surface area (Å²) in [6.45, 7) is 7.67. The van der Waals surface area contributed by atoms with Gasteiger partial charge in [0, 0.05) is 12.6 Å². The first-order valence-electron chi connectivity index (χ1n) is 4.91. The first-order chi connectivity index (χ1) is 6.57. The van der Waals surface area contributed by atoms with Gasteiger partial charge in [0.15, 0.2) is 0 Å². The maximum Gasteiger partial charge on any atom is 0.145 e. The zero-order chi connectivity index (χ0) is 10.7. The molecule has 14 heavy (non-hydrogen) atoms. The fourth-order valence-corrected chi connectivity index (χ4v) is 1.28. The number of nitrogen functional groups attached to an aromatic ring is 2. The molecular formula is C9H19N5. The largest absolute Gasteiger partial charge is 0.394 e. The lowest BCUT2D eigenvalue weighted by molar-refractivity contribution is 0.530. The van der Waals surface area contributed by atoms with E-state index < -0.39 is 0 Å². The van der Waals surface area contributed by atoms with Crippen molar-refractivity contribution in [3.63, 3.8) is 0 Å². The molecule has 0 aliphatic carbocycles. The van der Waals surface area contributed by atoms with Gasteiger partial charge < -0.3 is 16.8 Å². The first-order valence-corrected chi connectivity index (χ1v) is 4.91. The molecular weight excluding hydrogens is 178 g/mol. The summed E-state index contributed by atoms with van der Waals surface area (Å²) in [7, 11) is 0. The van der Waals surface area contributed by atoms with Crippen LogP contribution >= 0.6 is 0 Å². The van der Waals surface area contributed by atoms with Crippen molar-refractivity contribution in [3.8, 4) is 0 Å². The maximum absolute atomic E-state index is 5.83. The molecule has 5 heteroatoms. The molecule has 1 rings (SSSR count). The van der Waals surface area contributed by atoms with E-state index in [0.29, 0.717) is 18.1 Å². The van der Waals surface area contributed by atoms with Crippen molar-refractivity contribution in [1.29, 1.82) is 0 Å². The van der Waals surface area contributed by atoms with Gasteiger partial charge in [-0.1, -0.05) is 6.92 Å². The number of nitrogens with zero attached hydrogens (tertiary/aromatic N) is 2. The Morgan fingerprint density at radius 3 is 2.50 bits per heavy atom. The van der Waals surface area contributed by atoms with Crippen molar-refractivity contribution in [2.75, 3.05) is 18.0 Å². The van der Waals surface area contributed by atoms with E-state index in [4.69, 9.17) is 11.5 Å². The van der Waals surface area contributed by atoms with E-state index in [2.05, 4.69) is 10.4 Å². The number of anilines is 2. The highest BCUT2D eigenvalue weighted by atomic mass is 15.3. The summed E-state index contributed by atoms with van der Waals surface area (Å²) in [6.07, 6.45) is 0. The van der Waals surface area contributed by atoms with E-state index >= 15 is 0 Å². The van der Waals surface area contributed by atoms with Crippen LogP contribution in [0.3, 0.4) is 0 Å². The van der Waals surface area contributed by atoms with E-state index in [0.717, 1.165) is 12.2 Å². The van der Waals surface area contributed by atoms with Crippen molar-refractivity contribution in [3.05, 3.63) is 5.69 Å². The van der Waals surface area contributed by atoms with E-state index in [1.54, 1.807) is 4.68 Å². The normalized spacial score (nSPS) is 11.1. The number of hydrogen-bond acceptors (Lipinski definition) is 4. The van der Waals surface area contributed by atoms with Crippen LogP contribution in [0.4, 0.5) is 11.5 Å². The van der Waals surface area contributed by atoms with Gasteiger partial charge in [-0.05, 0) is 20.4 Å². The lowest BCUT2D eigenvalue weighted by Crippen LogP contribution is -2.13. The number of aromatic nitrogens is 2. The Kier molecular flexibility index (Phi) is 3.35. The van der Waals surface area contributed by atoms with E-state index in [1.807, 2.05) is 20.8 Å². The Morgan fingerprint density at radius 2 is 2.07 bits per heavy atom. The molecule has 1 aromatic rings. The summed E-state index contributed by atoms with van der Waals surface area (Å²) in [5, 5.41) is 7.52. The van der Waals surface area contributed by atoms with Crippen molar-refractivity contribution < 1.29 is 0 Å². The predicted molar refractivity (Wildman–Crippen MR) is 58.8 cm³/mol. The van der Waals surface area contributed by atoms with E-state index in [1.165, 1.54) is 0 Å². The minimum absolute atomic E-state index is 0.243. The molecule has 0 bridgehead atoms. The van der Waals surface area contributed by atoms with Gasteiger partial charge in [0.2, 0.25) is 0 Å². The lowest BCUT2D eigenvalue weighted by atomic mass is 10.3. The zero-order valence-corrected chi connectivity index (χ0v) is 9.04. The Hall–Kier alpha value is -1.23. The Labute approximate surface area is 84.5 Å². The highest BCUT2D eigenvalue weighted by molar-refractivity contribution is 5.62. The standard InChI is InChI=1S/C9H19N5/c1-4-12-5-7-8(10)9(11)14(13-7)6(2)3/h6,12H,4-5,10-11H2,1-3H3. The summed E-state index contributed by atoms with van der Waals surface area (Å²) >= 11 is 0. The monoisotopic (exact) mass is 197 g/mol. The summed E-state index contributed by atoms with van der Waals surface area (Å²) in [5.41, 5.74) is 13.1. The molecule has 0 saturated heterocycles. The average Bonchev–Trinajstić information content (AvgIpc) is 2.42. The van der Waals surface area contributed by atoms with E-state index in [9.17, 15) is 0 Å². The Morgan fingerprint density at radius 1 is 1.43 bits per heavy atom. The molecule has 0 spiro atoms. The molecule has 0 aliphatic rings. The second-order valence-electron chi connectivity index (χ2n) is 3.56. The second kappa shape index (κ2) is 4.32. The average molecular weight is 197 g/mol. The van der Waals surface area contributed by atoms with Crippen LogP contribution in [0.25, 0.3) is 0 Å². The number of rotatable bonds is 4. The van der Waals surface area contributed by atoms with Crippen LogP contribution in [-0.2, 0) is 6.54 Å². The van der Waals surface area contributed by atoms with Crippen LogP contribution in [0.5, 0.6) is 0 Å². The van der Waals surface area contributed by atoms with Gasteiger partial charge in [0.25, 0.3) is 0 Å². The summed E-state index contributed by atoms with van der Waals surface area (Å²) in [6, 6.07) is 0.243. The minimum atomic E-state index is 0.243. The fourth-order valence-electron chi connectivity index (χ4n) is 1.28. The lowest BCUT2D eigenvalue weighted by Gasteiger charge is -2.06. The van der Waals surface area contributed by atoms with Crippen molar-refractivity contribution in [2.45, 2.75) is 33.4 Å². The van der Waals surface area contributed by atoms with Crippen molar-refractivity contribution in [1.82, 2.24) is 15.1 Å². The summed E-state index contributed by atoms with van der Waals surface area (Å²) < 4.78 is 1.75. The minimum Gasteiger partial charge on any atom is -0.394 e. The van der Waals surface area contributed by atoms with Crippen molar-refractivity contribution in [2.24, 2.45) is 0 Å². The number of nitrogens with one attached hydrogen (secondary N) is 1. The zero-order valence-electron chi connectivity index (χ0n) is 9.04. The quantitative estimate of drug-likeness (QED) is 0.665. The van der Waals surface area contributed by atoms with Gasteiger partial charge >= 0.3 is 0 Å². The second-order valence-corrected chi connectivity index (χ2v) is 3.56. The molecule has 1 heterocycles. The molecule has 0 aromatic carbocycles. The summed E-state index contributed by atoms with van der Waals surface area (Å²) in [5.74, 6) is 0.563. The molecule has 5 N–H and O–H groups in total. The molecule has 0 amide bonds. The molecule has 5 nitrogen and oxygen atoms in total. The van der Waals surface area contributed by atoms with Crippen LogP contribution in [0.1, 0.15) is 32.5 Å². The molecule has 0 saturated carbocycles. The predicted octanol–water partition coefficient (Wildman–Crippen LogP) is 0.738. The van der Waals surface area contributed by atoms with Crippen molar-refractivity contribution >= 4 is 11.5 Å². The Balaban J connectivity index is 2.91. The van der Waals surface area contributed by atoms with Gasteiger partial charge in [0.05, 0.1) is 5.69 Å². The van der Waals surface area contributed by atoms with Gasteiger partial charge in [-0.25, -0.2) is 4.68 Å². The smallest absolute Gasteiger partial charge is 0.145 e. The maximum atomic E-state index is 5.83. The fraction of sp³-hybridized carbons (Fsp3) is 0.667. The van der Waals surface area contributed by atoms with Gasteiger partial charge in [-0.15, -0.1) is 0 Å². The molecule has 0 atom stereocenters. The Bertz CT molecular complexity index is 302. The third-order valence-corrected chi connectivity index (χ3v) is 2.09. The molecule has 0 radical (unpaired) electrons. The molecule has 1 aromatic heterocycles. The van der Waals surface area contributed by atoms with Gasteiger partial charge in [0.1, 0.15) is 11.5 Å². The molecule has 0 fully saturated rings. The SMILES string of the molecule is CCNCc1nn(C(C)C)c(N)c1N. The number of hydrogen-bond donors (Lipinski definition) is 3. The van der Waals surface area contributed by atoms with Crippen LogP contribution in [0, 0.1) is 0 Å². The van der Waals surface area contributed by atoms with Crippen LogP contribution in [-0.4, -0.2) is 16.3 Å². The highest BCUT2D eigenvalue weighted by Gasteiger charge is 2.13. The molecule has 0 aliphatic heterocycles. The third-order valence-electron chi connectivity index (χ3n) is 2.09. The first kappa shape index (κ1) is 10.8.